The van der Waals surface area contributed by atoms with Gasteiger partial charge in [0.25, 0.3) is 0 Å². The van der Waals surface area contributed by atoms with Crippen LogP contribution in [0.5, 0.6) is 5.75 Å². The zero-order valence-corrected chi connectivity index (χ0v) is 18.0. The van der Waals surface area contributed by atoms with E-state index in [1.54, 1.807) is 0 Å². The second kappa shape index (κ2) is 14.1. The summed E-state index contributed by atoms with van der Waals surface area (Å²) in [6.45, 7) is 2.59. The van der Waals surface area contributed by atoms with Crippen molar-refractivity contribution in [2.24, 2.45) is 0 Å². The quantitative estimate of drug-likeness (QED) is 0.189. The SMILES string of the molecule is CCCCOC(=O)CCCCCCCCC(=O)Oc1c(Cl)cc(Cl)cc1Cl. The maximum atomic E-state index is 11.9. The number of carbonyl (C=O) groups excluding carboxylic acids is 2. The molecule has 1 rings (SSSR count). The van der Waals surface area contributed by atoms with Crippen LogP contribution in [0.3, 0.4) is 0 Å². The third-order valence-corrected chi connectivity index (χ3v) is 4.73. The number of hydrogen-bond donors (Lipinski definition) is 0. The fraction of sp³-hybridized carbons (Fsp3) is 0.600. The minimum Gasteiger partial charge on any atom is -0.466 e. The first kappa shape index (κ1) is 24.1. The molecule has 0 spiro atoms. The van der Waals surface area contributed by atoms with Gasteiger partial charge in [-0.1, -0.05) is 73.8 Å². The maximum absolute atomic E-state index is 11.9. The lowest BCUT2D eigenvalue weighted by molar-refractivity contribution is -0.144. The van der Waals surface area contributed by atoms with Gasteiger partial charge in [0.05, 0.1) is 16.7 Å². The van der Waals surface area contributed by atoms with Crippen molar-refractivity contribution in [2.75, 3.05) is 6.61 Å². The highest BCUT2D eigenvalue weighted by Gasteiger charge is 2.13. The minimum atomic E-state index is -0.365. The summed E-state index contributed by atoms with van der Waals surface area (Å²) in [4.78, 5) is 23.3. The minimum absolute atomic E-state index is 0.106. The van der Waals surface area contributed by atoms with Gasteiger partial charge in [-0.25, -0.2) is 0 Å². The number of carbonyl (C=O) groups is 2. The van der Waals surface area contributed by atoms with E-state index in [-0.39, 0.29) is 27.7 Å². The highest BCUT2D eigenvalue weighted by Crippen LogP contribution is 2.36. The van der Waals surface area contributed by atoms with Crippen LogP contribution in [0, 0.1) is 0 Å². The van der Waals surface area contributed by atoms with Crippen molar-refractivity contribution < 1.29 is 19.1 Å². The molecule has 7 heteroatoms. The van der Waals surface area contributed by atoms with E-state index in [9.17, 15) is 9.59 Å². The molecule has 0 fully saturated rings. The first-order valence-electron chi connectivity index (χ1n) is 9.45. The summed E-state index contributed by atoms with van der Waals surface area (Å²) in [5, 5.41) is 0.821. The predicted octanol–water partition coefficient (Wildman–Crippen LogP) is 7.02. The zero-order chi connectivity index (χ0) is 20.1. The normalized spacial score (nSPS) is 10.7. The van der Waals surface area contributed by atoms with Crippen LogP contribution in [0.1, 0.15) is 71.1 Å². The van der Waals surface area contributed by atoms with Crippen LogP contribution in [-0.4, -0.2) is 18.5 Å². The molecule has 0 radical (unpaired) electrons. The van der Waals surface area contributed by atoms with Gasteiger partial charge in [-0.3, -0.25) is 9.59 Å². The molecule has 0 saturated heterocycles. The van der Waals surface area contributed by atoms with Crippen LogP contribution in [0.15, 0.2) is 12.1 Å². The third-order valence-electron chi connectivity index (χ3n) is 3.95. The molecule has 152 valence electrons. The Balaban J connectivity index is 2.07. The Morgan fingerprint density at radius 3 is 1.89 bits per heavy atom. The standard InChI is InChI=1S/C20H27Cl3O4/c1-2-3-12-26-18(24)10-8-6-4-5-7-9-11-19(25)27-20-16(22)13-15(21)14-17(20)23/h13-14H,2-12H2,1H3. The van der Waals surface area contributed by atoms with Crippen molar-refractivity contribution in [3.63, 3.8) is 0 Å². The number of esters is 2. The Hall–Kier alpha value is -0.970. The van der Waals surface area contributed by atoms with E-state index >= 15 is 0 Å². The number of benzene rings is 1. The molecule has 0 aliphatic carbocycles. The third kappa shape index (κ3) is 10.8. The monoisotopic (exact) mass is 436 g/mol. The summed E-state index contributed by atoms with van der Waals surface area (Å²) in [6, 6.07) is 2.97. The average molecular weight is 438 g/mol. The van der Waals surface area contributed by atoms with Gasteiger partial charge in [0.1, 0.15) is 0 Å². The van der Waals surface area contributed by atoms with Gasteiger partial charge in [0.15, 0.2) is 5.75 Å². The largest absolute Gasteiger partial charge is 0.466 e. The van der Waals surface area contributed by atoms with Crippen LogP contribution >= 0.6 is 34.8 Å². The van der Waals surface area contributed by atoms with Crippen molar-refractivity contribution in [3.8, 4) is 5.75 Å². The Morgan fingerprint density at radius 2 is 1.33 bits per heavy atom. The highest BCUT2D eigenvalue weighted by molar-refractivity contribution is 6.40. The molecule has 0 amide bonds. The lowest BCUT2D eigenvalue weighted by Crippen LogP contribution is -2.08. The molecule has 4 nitrogen and oxygen atoms in total. The van der Waals surface area contributed by atoms with Gasteiger partial charge in [0.2, 0.25) is 0 Å². The van der Waals surface area contributed by atoms with Gasteiger partial charge >= 0.3 is 11.9 Å². The van der Waals surface area contributed by atoms with Crippen molar-refractivity contribution in [3.05, 3.63) is 27.2 Å². The van der Waals surface area contributed by atoms with Crippen molar-refractivity contribution >= 4 is 46.7 Å². The van der Waals surface area contributed by atoms with Crippen molar-refractivity contribution in [1.82, 2.24) is 0 Å². The Labute approximate surface area is 176 Å². The van der Waals surface area contributed by atoms with Gasteiger partial charge < -0.3 is 9.47 Å². The number of halogens is 3. The molecule has 0 unspecified atom stereocenters. The second-order valence-electron chi connectivity index (χ2n) is 6.37. The van der Waals surface area contributed by atoms with E-state index in [1.807, 2.05) is 0 Å². The van der Waals surface area contributed by atoms with E-state index < -0.39 is 0 Å². The summed E-state index contributed by atoms with van der Waals surface area (Å²) in [5.41, 5.74) is 0. The van der Waals surface area contributed by atoms with Crippen LogP contribution in [-0.2, 0) is 14.3 Å². The van der Waals surface area contributed by atoms with E-state index in [0.29, 0.717) is 24.5 Å². The van der Waals surface area contributed by atoms with Crippen LogP contribution in [0.25, 0.3) is 0 Å². The van der Waals surface area contributed by atoms with E-state index in [1.165, 1.54) is 12.1 Å². The summed E-state index contributed by atoms with van der Waals surface area (Å²) in [5.74, 6) is -0.319. The number of rotatable bonds is 13. The summed E-state index contributed by atoms with van der Waals surface area (Å²) >= 11 is 17.8. The zero-order valence-electron chi connectivity index (χ0n) is 15.7. The molecule has 0 bridgehead atoms. The van der Waals surface area contributed by atoms with Gasteiger partial charge in [-0.05, 0) is 31.4 Å². The molecule has 0 aromatic heterocycles. The summed E-state index contributed by atoms with van der Waals surface area (Å²) < 4.78 is 10.3. The molecule has 1 aromatic carbocycles. The molecule has 0 atom stereocenters. The predicted molar refractivity (Wildman–Crippen MR) is 110 cm³/mol. The number of unbranched alkanes of at least 4 members (excludes halogenated alkanes) is 6. The molecule has 0 saturated carbocycles. The molecule has 0 aliphatic rings. The molecule has 27 heavy (non-hydrogen) atoms. The van der Waals surface area contributed by atoms with Gasteiger partial charge in [-0.2, -0.15) is 0 Å². The van der Waals surface area contributed by atoms with E-state index in [0.717, 1.165) is 51.4 Å². The summed E-state index contributed by atoms with van der Waals surface area (Å²) in [6.07, 6.45) is 8.29. The van der Waals surface area contributed by atoms with Crippen LogP contribution in [0.4, 0.5) is 0 Å². The molecular weight excluding hydrogens is 411 g/mol. The van der Waals surface area contributed by atoms with Gasteiger partial charge in [-0.15, -0.1) is 0 Å². The Bertz CT molecular complexity index is 582. The van der Waals surface area contributed by atoms with Crippen molar-refractivity contribution in [2.45, 2.75) is 71.1 Å². The lowest BCUT2D eigenvalue weighted by Gasteiger charge is -2.08. The highest BCUT2D eigenvalue weighted by atomic mass is 35.5. The molecule has 0 N–H and O–H groups in total. The lowest BCUT2D eigenvalue weighted by atomic mass is 10.1. The number of hydrogen-bond acceptors (Lipinski definition) is 4. The Morgan fingerprint density at radius 1 is 0.815 bits per heavy atom. The fourth-order valence-electron chi connectivity index (χ4n) is 2.44. The van der Waals surface area contributed by atoms with Crippen molar-refractivity contribution in [1.29, 1.82) is 0 Å². The smallest absolute Gasteiger partial charge is 0.311 e. The second-order valence-corrected chi connectivity index (χ2v) is 7.62. The topological polar surface area (TPSA) is 52.6 Å². The molecule has 1 aromatic rings. The van der Waals surface area contributed by atoms with E-state index in [4.69, 9.17) is 44.3 Å². The fourth-order valence-corrected chi connectivity index (χ4v) is 3.33. The molecule has 0 aliphatic heterocycles. The molecule has 0 heterocycles. The Kier molecular flexibility index (Phi) is 12.6. The number of ether oxygens (including phenoxy) is 2. The first-order valence-corrected chi connectivity index (χ1v) is 10.6. The van der Waals surface area contributed by atoms with Gasteiger partial charge in [0, 0.05) is 17.9 Å². The van der Waals surface area contributed by atoms with Crippen LogP contribution in [0.2, 0.25) is 15.1 Å². The summed E-state index contributed by atoms with van der Waals surface area (Å²) in [7, 11) is 0. The van der Waals surface area contributed by atoms with E-state index in [2.05, 4.69) is 6.92 Å². The maximum Gasteiger partial charge on any atom is 0.311 e. The molecular formula is C20H27Cl3O4. The van der Waals surface area contributed by atoms with Crippen LogP contribution < -0.4 is 4.74 Å². The average Bonchev–Trinajstić information content (AvgIpc) is 2.60. The first-order chi connectivity index (χ1) is 12.9.